The van der Waals surface area contributed by atoms with Gasteiger partial charge in [0, 0.05) is 16.9 Å². The predicted molar refractivity (Wildman–Crippen MR) is 89.6 cm³/mol. The van der Waals surface area contributed by atoms with E-state index in [1.54, 1.807) is 26.1 Å². The van der Waals surface area contributed by atoms with Gasteiger partial charge in [0.2, 0.25) is 0 Å². The summed E-state index contributed by atoms with van der Waals surface area (Å²) in [5.74, 6) is -0.914. The van der Waals surface area contributed by atoms with Crippen LogP contribution >= 0.6 is 27.3 Å². The topological polar surface area (TPSA) is 92.1 Å². The Morgan fingerprint density at radius 1 is 1.48 bits per heavy atom. The summed E-state index contributed by atoms with van der Waals surface area (Å²) in [6.07, 6.45) is 2.98. The number of anilines is 1. The van der Waals surface area contributed by atoms with Crippen LogP contribution in [0.3, 0.4) is 0 Å². The van der Waals surface area contributed by atoms with Crippen molar-refractivity contribution in [1.82, 2.24) is 4.98 Å². The minimum atomic E-state index is -0.504. The Bertz CT molecular complexity index is 811. The Morgan fingerprint density at radius 3 is 2.83 bits per heavy atom. The zero-order valence-corrected chi connectivity index (χ0v) is 14.7. The summed E-state index contributed by atoms with van der Waals surface area (Å²) in [5.41, 5.74) is 1.10. The molecule has 0 fully saturated rings. The second-order valence-corrected chi connectivity index (χ2v) is 6.37. The van der Waals surface area contributed by atoms with E-state index in [1.807, 2.05) is 6.07 Å². The van der Waals surface area contributed by atoms with Crippen LogP contribution in [-0.4, -0.2) is 23.5 Å². The molecule has 1 N–H and O–H groups in total. The molecule has 0 unspecified atom stereocenters. The SMILES string of the molecule is CCOC(=O)c1sc(NC(=O)c2cncc(Br)c2)c(C#N)c1C. The van der Waals surface area contributed by atoms with Gasteiger partial charge in [-0.05, 0) is 41.4 Å². The summed E-state index contributed by atoms with van der Waals surface area (Å²) in [6, 6.07) is 3.62. The van der Waals surface area contributed by atoms with E-state index in [0.29, 0.717) is 25.5 Å². The van der Waals surface area contributed by atoms with Gasteiger partial charge >= 0.3 is 5.97 Å². The molecule has 0 aliphatic carbocycles. The quantitative estimate of drug-likeness (QED) is 0.802. The molecular formula is C15H12BrN3O3S. The Labute approximate surface area is 145 Å². The van der Waals surface area contributed by atoms with E-state index in [0.717, 1.165) is 11.3 Å². The van der Waals surface area contributed by atoms with Crippen LogP contribution in [0.5, 0.6) is 0 Å². The lowest BCUT2D eigenvalue weighted by Crippen LogP contribution is -2.12. The molecular weight excluding hydrogens is 382 g/mol. The first-order chi connectivity index (χ1) is 11.0. The molecule has 8 heteroatoms. The number of nitrogens with zero attached hydrogens (tertiary/aromatic N) is 2. The van der Waals surface area contributed by atoms with Crippen molar-refractivity contribution in [3.8, 4) is 6.07 Å². The molecule has 0 bridgehead atoms. The van der Waals surface area contributed by atoms with Crippen LogP contribution < -0.4 is 5.32 Å². The molecule has 2 aromatic heterocycles. The maximum absolute atomic E-state index is 12.3. The maximum Gasteiger partial charge on any atom is 0.348 e. The number of amides is 1. The van der Waals surface area contributed by atoms with Gasteiger partial charge in [-0.3, -0.25) is 9.78 Å². The highest BCUT2D eigenvalue weighted by Crippen LogP contribution is 2.33. The van der Waals surface area contributed by atoms with Crippen LogP contribution in [-0.2, 0) is 4.74 Å². The fourth-order valence-electron chi connectivity index (χ4n) is 1.84. The zero-order chi connectivity index (χ0) is 17.0. The lowest BCUT2D eigenvalue weighted by atomic mass is 10.1. The highest BCUT2D eigenvalue weighted by Gasteiger charge is 2.22. The Kier molecular flexibility index (Phi) is 5.47. The number of aromatic nitrogens is 1. The predicted octanol–water partition coefficient (Wildman–Crippen LogP) is 3.51. The minimum Gasteiger partial charge on any atom is -0.462 e. The smallest absolute Gasteiger partial charge is 0.348 e. The van der Waals surface area contributed by atoms with Gasteiger partial charge in [-0.2, -0.15) is 5.26 Å². The fraction of sp³-hybridized carbons (Fsp3) is 0.200. The average Bonchev–Trinajstić information content (AvgIpc) is 2.83. The Balaban J connectivity index is 2.33. The molecule has 0 aliphatic heterocycles. The van der Waals surface area contributed by atoms with Crippen molar-refractivity contribution in [1.29, 1.82) is 5.26 Å². The van der Waals surface area contributed by atoms with Gasteiger partial charge in [0.25, 0.3) is 5.91 Å². The molecule has 2 rings (SSSR count). The van der Waals surface area contributed by atoms with Gasteiger partial charge in [-0.15, -0.1) is 11.3 Å². The first kappa shape index (κ1) is 17.1. The summed E-state index contributed by atoms with van der Waals surface area (Å²) < 4.78 is 5.63. The second-order valence-electron chi connectivity index (χ2n) is 4.44. The lowest BCUT2D eigenvalue weighted by Gasteiger charge is -2.03. The van der Waals surface area contributed by atoms with Gasteiger partial charge in [0.15, 0.2) is 0 Å². The number of carbonyl (C=O) groups excluding carboxylic acids is 2. The van der Waals surface area contributed by atoms with E-state index in [4.69, 9.17) is 4.74 Å². The molecule has 0 spiro atoms. The number of thiophene rings is 1. The molecule has 2 heterocycles. The maximum atomic E-state index is 12.3. The van der Waals surface area contributed by atoms with Gasteiger partial charge in [0.05, 0.1) is 17.7 Å². The van der Waals surface area contributed by atoms with E-state index < -0.39 is 11.9 Å². The standard InChI is InChI=1S/C15H12BrN3O3S/c1-3-22-15(21)12-8(2)11(5-17)14(23-12)19-13(20)9-4-10(16)7-18-6-9/h4,6-7H,3H2,1-2H3,(H,19,20). The number of hydrogen-bond donors (Lipinski definition) is 1. The van der Waals surface area contributed by atoms with Crippen LogP contribution in [0.1, 0.15) is 38.1 Å². The minimum absolute atomic E-state index is 0.240. The zero-order valence-electron chi connectivity index (χ0n) is 12.3. The van der Waals surface area contributed by atoms with Gasteiger partial charge in [0.1, 0.15) is 15.9 Å². The molecule has 2 aromatic rings. The fourth-order valence-corrected chi connectivity index (χ4v) is 3.25. The van der Waals surface area contributed by atoms with Crippen molar-refractivity contribution in [2.75, 3.05) is 11.9 Å². The third-order valence-corrected chi connectivity index (χ3v) is 4.53. The molecule has 0 saturated carbocycles. The number of nitrogens with one attached hydrogen (secondary N) is 1. The second kappa shape index (κ2) is 7.35. The molecule has 0 saturated heterocycles. The molecule has 0 aromatic carbocycles. The van der Waals surface area contributed by atoms with Crippen molar-refractivity contribution in [2.45, 2.75) is 13.8 Å². The van der Waals surface area contributed by atoms with Crippen LogP contribution in [0.25, 0.3) is 0 Å². The number of halogens is 1. The van der Waals surface area contributed by atoms with Gasteiger partial charge in [-0.1, -0.05) is 0 Å². The molecule has 1 amide bonds. The third-order valence-electron chi connectivity index (χ3n) is 2.91. The number of carbonyl (C=O) groups is 2. The van der Waals surface area contributed by atoms with Crippen LogP contribution in [0, 0.1) is 18.3 Å². The summed E-state index contributed by atoms with van der Waals surface area (Å²) in [5, 5.41) is 12.3. The van der Waals surface area contributed by atoms with E-state index in [1.165, 1.54) is 6.20 Å². The first-order valence-electron chi connectivity index (χ1n) is 6.60. The highest BCUT2D eigenvalue weighted by molar-refractivity contribution is 9.10. The molecule has 0 atom stereocenters. The monoisotopic (exact) mass is 393 g/mol. The van der Waals surface area contributed by atoms with Crippen LogP contribution in [0.2, 0.25) is 0 Å². The van der Waals surface area contributed by atoms with Crippen molar-refractivity contribution in [3.05, 3.63) is 44.5 Å². The Hall–Kier alpha value is -2.24. The van der Waals surface area contributed by atoms with Gasteiger partial charge < -0.3 is 10.1 Å². The van der Waals surface area contributed by atoms with E-state index in [9.17, 15) is 14.9 Å². The summed E-state index contributed by atoms with van der Waals surface area (Å²) in [6.45, 7) is 3.59. The first-order valence-corrected chi connectivity index (χ1v) is 8.21. The van der Waals surface area contributed by atoms with Crippen LogP contribution in [0.15, 0.2) is 22.9 Å². The molecule has 118 valence electrons. The molecule has 0 aliphatic rings. The largest absolute Gasteiger partial charge is 0.462 e. The van der Waals surface area contributed by atoms with Crippen molar-refractivity contribution in [2.24, 2.45) is 0 Å². The summed E-state index contributed by atoms with van der Waals surface area (Å²) in [4.78, 5) is 28.4. The summed E-state index contributed by atoms with van der Waals surface area (Å²) >= 11 is 4.27. The number of nitriles is 1. The van der Waals surface area contributed by atoms with Gasteiger partial charge in [-0.25, -0.2) is 4.79 Å². The number of rotatable bonds is 4. The third kappa shape index (κ3) is 3.75. The number of hydrogen-bond acceptors (Lipinski definition) is 6. The number of esters is 1. The molecule has 6 nitrogen and oxygen atoms in total. The van der Waals surface area contributed by atoms with E-state index >= 15 is 0 Å². The van der Waals surface area contributed by atoms with Crippen molar-refractivity contribution in [3.63, 3.8) is 0 Å². The highest BCUT2D eigenvalue weighted by atomic mass is 79.9. The number of pyridine rings is 1. The average molecular weight is 394 g/mol. The molecule has 0 radical (unpaired) electrons. The summed E-state index contributed by atoms with van der Waals surface area (Å²) in [7, 11) is 0. The molecule has 23 heavy (non-hydrogen) atoms. The van der Waals surface area contributed by atoms with Crippen LogP contribution in [0.4, 0.5) is 5.00 Å². The van der Waals surface area contributed by atoms with Crippen molar-refractivity contribution < 1.29 is 14.3 Å². The Morgan fingerprint density at radius 2 is 2.22 bits per heavy atom. The van der Waals surface area contributed by atoms with E-state index in [2.05, 4.69) is 26.2 Å². The lowest BCUT2D eigenvalue weighted by molar-refractivity contribution is 0.0531. The van der Waals surface area contributed by atoms with E-state index in [-0.39, 0.29) is 12.2 Å². The number of ether oxygens (including phenoxy) is 1. The van der Waals surface area contributed by atoms with Crippen molar-refractivity contribution >= 4 is 44.1 Å². The normalized spacial score (nSPS) is 10.0.